The smallest absolute Gasteiger partial charge is 0.220 e. The van der Waals surface area contributed by atoms with Crippen LogP contribution >= 0.6 is 0 Å². The average molecular weight is 250 g/mol. The lowest BCUT2D eigenvalue weighted by atomic mass is 9.96. The van der Waals surface area contributed by atoms with Gasteiger partial charge in [0.2, 0.25) is 5.91 Å². The average Bonchev–Trinajstić information content (AvgIpc) is 3.16. The minimum Gasteiger partial charge on any atom is -0.355 e. The van der Waals surface area contributed by atoms with Crippen LogP contribution in [0, 0.1) is 5.82 Å². The number of rotatable bonds is 6. The van der Waals surface area contributed by atoms with Crippen molar-refractivity contribution in [1.82, 2.24) is 5.32 Å². The zero-order valence-corrected chi connectivity index (χ0v) is 10.4. The van der Waals surface area contributed by atoms with Gasteiger partial charge in [0.15, 0.2) is 0 Å². The number of benzene rings is 1. The number of amides is 1. The number of carbonyl (C=O) groups excluding carboxylic acids is 1. The Kier molecular flexibility index (Phi) is 3.97. The normalized spacial score (nSPS) is 16.3. The number of hydrogen-bond acceptors (Lipinski definition) is 2. The summed E-state index contributed by atoms with van der Waals surface area (Å²) in [5.41, 5.74) is 6.51. The zero-order chi connectivity index (χ0) is 13.0. The van der Waals surface area contributed by atoms with Crippen LogP contribution in [0.25, 0.3) is 0 Å². The van der Waals surface area contributed by atoms with Crippen molar-refractivity contribution in [3.8, 4) is 0 Å². The molecule has 0 atom stereocenters. The van der Waals surface area contributed by atoms with Gasteiger partial charge in [-0.3, -0.25) is 4.79 Å². The Morgan fingerprint density at radius 2 is 2.00 bits per heavy atom. The van der Waals surface area contributed by atoms with Crippen LogP contribution in [0.15, 0.2) is 24.3 Å². The van der Waals surface area contributed by atoms with Crippen LogP contribution in [-0.2, 0) is 10.2 Å². The highest BCUT2D eigenvalue weighted by molar-refractivity contribution is 5.76. The van der Waals surface area contributed by atoms with Crippen LogP contribution in [0.1, 0.15) is 31.2 Å². The lowest BCUT2D eigenvalue weighted by molar-refractivity contribution is -0.121. The summed E-state index contributed by atoms with van der Waals surface area (Å²) in [6.07, 6.45) is 3.30. The molecule has 1 aliphatic carbocycles. The highest BCUT2D eigenvalue weighted by Gasteiger charge is 2.44. The molecule has 1 aromatic carbocycles. The number of nitrogens with two attached hydrogens (primary N) is 1. The molecule has 1 aromatic rings. The van der Waals surface area contributed by atoms with Crippen molar-refractivity contribution in [3.63, 3.8) is 0 Å². The monoisotopic (exact) mass is 250 g/mol. The van der Waals surface area contributed by atoms with Gasteiger partial charge in [-0.05, 0) is 43.5 Å². The van der Waals surface area contributed by atoms with E-state index in [1.54, 1.807) is 0 Å². The second-order valence-electron chi connectivity index (χ2n) is 4.96. The zero-order valence-electron chi connectivity index (χ0n) is 10.4. The summed E-state index contributed by atoms with van der Waals surface area (Å²) in [5.74, 6) is -0.171. The number of hydrogen-bond donors (Lipinski definition) is 2. The summed E-state index contributed by atoms with van der Waals surface area (Å²) in [4.78, 5) is 11.5. The van der Waals surface area contributed by atoms with Gasteiger partial charge in [-0.2, -0.15) is 0 Å². The fraction of sp³-hybridized carbons (Fsp3) is 0.500. The Balaban J connectivity index is 1.88. The summed E-state index contributed by atoms with van der Waals surface area (Å²) >= 11 is 0. The molecular formula is C14H19FN2O. The fourth-order valence-corrected chi connectivity index (χ4v) is 2.14. The van der Waals surface area contributed by atoms with Crippen LogP contribution in [0.4, 0.5) is 4.39 Å². The van der Waals surface area contributed by atoms with Crippen molar-refractivity contribution >= 4 is 5.91 Å². The molecule has 0 aromatic heterocycles. The van der Waals surface area contributed by atoms with Gasteiger partial charge in [-0.1, -0.05) is 12.1 Å². The maximum Gasteiger partial charge on any atom is 0.220 e. The molecule has 2 rings (SSSR count). The molecule has 3 N–H and O–H groups in total. The topological polar surface area (TPSA) is 55.1 Å². The molecular weight excluding hydrogens is 231 g/mol. The van der Waals surface area contributed by atoms with Gasteiger partial charge < -0.3 is 11.1 Å². The summed E-state index contributed by atoms with van der Waals surface area (Å²) in [7, 11) is 0. The molecule has 1 fully saturated rings. The van der Waals surface area contributed by atoms with Crippen molar-refractivity contribution in [1.29, 1.82) is 0 Å². The molecule has 0 saturated heterocycles. The van der Waals surface area contributed by atoms with E-state index in [1.165, 1.54) is 12.1 Å². The van der Waals surface area contributed by atoms with E-state index in [9.17, 15) is 9.18 Å². The van der Waals surface area contributed by atoms with Gasteiger partial charge in [0.1, 0.15) is 5.82 Å². The summed E-state index contributed by atoms with van der Waals surface area (Å²) in [6, 6.07) is 6.58. The van der Waals surface area contributed by atoms with E-state index < -0.39 is 0 Å². The predicted octanol–water partition coefficient (Wildman–Crippen LogP) is 1.71. The highest BCUT2D eigenvalue weighted by atomic mass is 19.1. The molecule has 0 bridgehead atoms. The number of halogens is 1. The first-order chi connectivity index (χ1) is 8.66. The minimum atomic E-state index is -0.221. The van der Waals surface area contributed by atoms with Crippen molar-refractivity contribution < 1.29 is 9.18 Å². The Bertz CT molecular complexity index is 412. The third-order valence-electron chi connectivity index (χ3n) is 3.54. The second-order valence-corrected chi connectivity index (χ2v) is 4.96. The van der Waals surface area contributed by atoms with Crippen LogP contribution in [-0.4, -0.2) is 19.0 Å². The summed E-state index contributed by atoms with van der Waals surface area (Å²) in [6.45, 7) is 1.18. The first-order valence-electron chi connectivity index (χ1n) is 6.39. The van der Waals surface area contributed by atoms with Gasteiger partial charge in [0, 0.05) is 18.4 Å². The Labute approximate surface area is 107 Å². The van der Waals surface area contributed by atoms with Gasteiger partial charge in [0.25, 0.3) is 0 Å². The van der Waals surface area contributed by atoms with Crippen LogP contribution < -0.4 is 11.1 Å². The first kappa shape index (κ1) is 13.0. The second kappa shape index (κ2) is 5.48. The molecule has 0 heterocycles. The summed E-state index contributed by atoms with van der Waals surface area (Å²) in [5, 5.41) is 2.95. The quantitative estimate of drug-likeness (QED) is 0.807. The van der Waals surface area contributed by atoms with Gasteiger partial charge in [-0.25, -0.2) is 4.39 Å². The minimum absolute atomic E-state index is 0.0338. The number of carbonyl (C=O) groups is 1. The van der Waals surface area contributed by atoms with Crippen molar-refractivity contribution in [3.05, 3.63) is 35.6 Å². The molecule has 0 radical (unpaired) electrons. The van der Waals surface area contributed by atoms with Crippen LogP contribution in [0.3, 0.4) is 0 Å². The first-order valence-corrected chi connectivity index (χ1v) is 6.39. The van der Waals surface area contributed by atoms with Crippen LogP contribution in [0.2, 0.25) is 0 Å². The molecule has 1 aliphatic rings. The molecule has 0 aliphatic heterocycles. The number of nitrogens with one attached hydrogen (secondary N) is 1. The van der Waals surface area contributed by atoms with Crippen molar-refractivity contribution in [2.45, 2.75) is 31.1 Å². The molecule has 18 heavy (non-hydrogen) atoms. The van der Waals surface area contributed by atoms with Crippen molar-refractivity contribution in [2.75, 3.05) is 13.1 Å². The Morgan fingerprint density at radius 3 is 2.56 bits per heavy atom. The maximum absolute atomic E-state index is 12.9. The molecule has 1 amide bonds. The molecule has 3 nitrogen and oxygen atoms in total. The highest BCUT2D eigenvalue weighted by Crippen LogP contribution is 2.47. The van der Waals surface area contributed by atoms with Gasteiger partial charge >= 0.3 is 0 Å². The SMILES string of the molecule is NCCCC(=O)NCC1(c2ccc(F)cc2)CC1. The van der Waals surface area contributed by atoms with E-state index in [2.05, 4.69) is 5.32 Å². The lowest BCUT2D eigenvalue weighted by Gasteiger charge is -2.16. The fourth-order valence-electron chi connectivity index (χ4n) is 2.14. The summed E-state index contributed by atoms with van der Waals surface area (Å²) < 4.78 is 12.9. The van der Waals surface area contributed by atoms with Gasteiger partial charge in [-0.15, -0.1) is 0 Å². The Hall–Kier alpha value is -1.42. The van der Waals surface area contributed by atoms with Crippen molar-refractivity contribution in [2.24, 2.45) is 5.73 Å². The van der Waals surface area contributed by atoms with E-state index >= 15 is 0 Å². The van der Waals surface area contributed by atoms with E-state index in [1.807, 2.05) is 12.1 Å². The molecule has 98 valence electrons. The van der Waals surface area contributed by atoms with Crippen LogP contribution in [0.5, 0.6) is 0 Å². The van der Waals surface area contributed by atoms with E-state index in [0.717, 1.165) is 24.8 Å². The molecule has 0 spiro atoms. The van der Waals surface area contributed by atoms with E-state index in [-0.39, 0.29) is 17.1 Å². The van der Waals surface area contributed by atoms with E-state index in [4.69, 9.17) is 5.73 Å². The predicted molar refractivity (Wildman–Crippen MR) is 68.6 cm³/mol. The molecule has 1 saturated carbocycles. The third-order valence-corrected chi connectivity index (χ3v) is 3.54. The standard InChI is InChI=1S/C14H19FN2O/c15-12-5-3-11(4-6-12)14(7-8-14)10-17-13(18)2-1-9-16/h3-6H,1-2,7-10,16H2,(H,17,18). The maximum atomic E-state index is 12.9. The molecule has 4 heteroatoms. The van der Waals surface area contributed by atoms with E-state index in [0.29, 0.717) is 19.5 Å². The Morgan fingerprint density at radius 1 is 1.33 bits per heavy atom. The van der Waals surface area contributed by atoms with Gasteiger partial charge in [0.05, 0.1) is 0 Å². The largest absolute Gasteiger partial charge is 0.355 e. The third kappa shape index (κ3) is 3.07. The molecule has 0 unspecified atom stereocenters. The lowest BCUT2D eigenvalue weighted by Crippen LogP contribution is -2.32.